The molecule has 7 nitrogen and oxygen atoms in total. The molecule has 0 bridgehead atoms. The maximum Gasteiger partial charge on any atom is 0.343 e. The number of aromatic amines is 1. The van der Waals surface area contributed by atoms with Crippen LogP contribution in [-0.4, -0.2) is 42.6 Å². The monoisotopic (exact) mass is 335 g/mol. The number of hydrogen-bond acceptors (Lipinski definition) is 6. The number of benzene rings is 1. The lowest BCUT2D eigenvalue weighted by atomic mass is 10.0. The highest BCUT2D eigenvalue weighted by Gasteiger charge is 2.22. The molecule has 0 spiro atoms. The van der Waals surface area contributed by atoms with Gasteiger partial charge in [-0.2, -0.15) is 5.10 Å². The van der Waals surface area contributed by atoms with E-state index < -0.39 is 17.9 Å². The minimum absolute atomic E-state index is 0.159. The summed E-state index contributed by atoms with van der Waals surface area (Å²) in [6.07, 6.45) is 2.63. The number of H-pyrrole nitrogens is 1. The molecule has 120 valence electrons. The highest BCUT2D eigenvalue weighted by molar-refractivity contribution is 6.32. The lowest BCUT2D eigenvalue weighted by Gasteiger charge is -2.11. The average Bonchev–Trinajstić information content (AvgIpc) is 3.04. The molecule has 0 aliphatic heterocycles. The molecule has 1 heterocycles. The molecule has 0 aliphatic rings. The summed E-state index contributed by atoms with van der Waals surface area (Å²) in [5.74, 6) is -1.75. The molecule has 0 saturated carbocycles. The number of aromatic nitrogens is 2. The standard InChI is InChI=1S/C15H14ClN3O4/c1-22-14(20)10(9-5-3-4-6-12(9)16)7-17-13-11(8-18-19-13)15(21)23-2/h3-8,10H,1-2H3,(H,18,19). The second kappa shape index (κ2) is 7.55. The van der Waals surface area contributed by atoms with Gasteiger partial charge < -0.3 is 9.47 Å². The predicted octanol–water partition coefficient (Wildman–Crippen LogP) is 2.51. The molecule has 2 rings (SSSR count). The fourth-order valence-electron chi connectivity index (χ4n) is 1.91. The van der Waals surface area contributed by atoms with Crippen molar-refractivity contribution < 1.29 is 19.1 Å². The summed E-state index contributed by atoms with van der Waals surface area (Å²) < 4.78 is 9.41. The van der Waals surface area contributed by atoms with Crippen LogP contribution in [-0.2, 0) is 14.3 Å². The van der Waals surface area contributed by atoms with Crippen molar-refractivity contribution in [3.05, 3.63) is 46.6 Å². The average molecular weight is 336 g/mol. The Morgan fingerprint density at radius 2 is 2.04 bits per heavy atom. The number of esters is 2. The first-order valence-corrected chi connectivity index (χ1v) is 6.94. The van der Waals surface area contributed by atoms with Gasteiger partial charge in [-0.1, -0.05) is 29.8 Å². The number of halogens is 1. The zero-order valence-corrected chi connectivity index (χ0v) is 13.2. The zero-order chi connectivity index (χ0) is 16.8. The molecule has 0 radical (unpaired) electrons. The third kappa shape index (κ3) is 3.75. The number of methoxy groups -OCH3 is 2. The van der Waals surface area contributed by atoms with Crippen molar-refractivity contribution >= 4 is 35.6 Å². The molecule has 0 amide bonds. The summed E-state index contributed by atoms with van der Waals surface area (Å²) in [6.45, 7) is 0. The SMILES string of the molecule is COC(=O)c1cn[nH]c1N=CC(C(=O)OC)c1ccccc1Cl. The van der Waals surface area contributed by atoms with Crippen molar-refractivity contribution in [1.29, 1.82) is 0 Å². The number of ether oxygens (including phenoxy) is 2. The van der Waals surface area contributed by atoms with Gasteiger partial charge in [-0.3, -0.25) is 9.89 Å². The lowest BCUT2D eigenvalue weighted by molar-refractivity contribution is -0.140. The maximum absolute atomic E-state index is 12.0. The second-order valence-electron chi connectivity index (χ2n) is 4.42. The van der Waals surface area contributed by atoms with E-state index in [0.29, 0.717) is 10.6 Å². The quantitative estimate of drug-likeness (QED) is 0.669. The first-order valence-electron chi connectivity index (χ1n) is 6.56. The van der Waals surface area contributed by atoms with Crippen molar-refractivity contribution in [1.82, 2.24) is 10.2 Å². The molecule has 23 heavy (non-hydrogen) atoms. The third-order valence-corrected chi connectivity index (χ3v) is 3.42. The van der Waals surface area contributed by atoms with Crippen LogP contribution in [0.3, 0.4) is 0 Å². The molecule has 0 saturated heterocycles. The summed E-state index contributed by atoms with van der Waals surface area (Å²) in [7, 11) is 2.53. The minimum atomic E-state index is -0.817. The zero-order valence-electron chi connectivity index (χ0n) is 12.4. The molecule has 0 fully saturated rings. The van der Waals surface area contributed by atoms with E-state index in [2.05, 4.69) is 19.9 Å². The third-order valence-electron chi connectivity index (χ3n) is 3.07. The van der Waals surface area contributed by atoms with E-state index in [1.807, 2.05) is 0 Å². The van der Waals surface area contributed by atoms with Gasteiger partial charge in [0.1, 0.15) is 11.5 Å². The van der Waals surface area contributed by atoms with E-state index in [1.54, 1.807) is 24.3 Å². The van der Waals surface area contributed by atoms with Gasteiger partial charge in [0.05, 0.1) is 20.4 Å². The van der Waals surface area contributed by atoms with Gasteiger partial charge in [-0.05, 0) is 11.6 Å². The van der Waals surface area contributed by atoms with Crippen molar-refractivity contribution in [3.63, 3.8) is 0 Å². The molecule has 1 aromatic heterocycles. The van der Waals surface area contributed by atoms with Gasteiger partial charge in [0.25, 0.3) is 0 Å². The molecule has 8 heteroatoms. The van der Waals surface area contributed by atoms with Crippen LogP contribution in [0.4, 0.5) is 5.82 Å². The number of carbonyl (C=O) groups excluding carboxylic acids is 2. The smallest absolute Gasteiger partial charge is 0.343 e. The van der Waals surface area contributed by atoms with E-state index >= 15 is 0 Å². The maximum atomic E-state index is 12.0. The fourth-order valence-corrected chi connectivity index (χ4v) is 2.16. The Morgan fingerprint density at radius 1 is 1.30 bits per heavy atom. The fraction of sp³-hybridized carbons (Fsp3) is 0.200. The van der Waals surface area contributed by atoms with Gasteiger partial charge in [0, 0.05) is 11.2 Å². The molecule has 1 atom stereocenters. The van der Waals surface area contributed by atoms with Crippen molar-refractivity contribution in [2.75, 3.05) is 14.2 Å². The molecule has 2 aromatic rings. The second-order valence-corrected chi connectivity index (χ2v) is 4.83. The molecule has 1 N–H and O–H groups in total. The lowest BCUT2D eigenvalue weighted by Crippen LogP contribution is -2.16. The van der Waals surface area contributed by atoms with Crippen molar-refractivity contribution in [3.8, 4) is 0 Å². The highest BCUT2D eigenvalue weighted by Crippen LogP contribution is 2.25. The molecule has 0 aliphatic carbocycles. The topological polar surface area (TPSA) is 93.6 Å². The Morgan fingerprint density at radius 3 is 2.70 bits per heavy atom. The van der Waals surface area contributed by atoms with Crippen molar-refractivity contribution in [2.24, 2.45) is 4.99 Å². The van der Waals surface area contributed by atoms with Crippen LogP contribution in [0.5, 0.6) is 0 Å². The van der Waals surface area contributed by atoms with Crippen molar-refractivity contribution in [2.45, 2.75) is 5.92 Å². The molecule has 1 aromatic carbocycles. The molecule has 1 unspecified atom stereocenters. The Hall–Kier alpha value is -2.67. The summed E-state index contributed by atoms with van der Waals surface area (Å²) in [5.41, 5.74) is 0.704. The van der Waals surface area contributed by atoms with Gasteiger partial charge in [0.2, 0.25) is 0 Å². The van der Waals surface area contributed by atoms with Crippen LogP contribution >= 0.6 is 11.6 Å². The van der Waals surface area contributed by atoms with Crippen LogP contribution in [0.2, 0.25) is 5.02 Å². The molecular weight excluding hydrogens is 322 g/mol. The van der Waals surface area contributed by atoms with Crippen LogP contribution in [0.25, 0.3) is 0 Å². The summed E-state index contributed by atoms with van der Waals surface area (Å²) >= 11 is 6.12. The summed E-state index contributed by atoms with van der Waals surface area (Å²) in [5, 5.41) is 6.72. The highest BCUT2D eigenvalue weighted by atomic mass is 35.5. The Kier molecular flexibility index (Phi) is 5.48. The number of aliphatic imine (C=N–C) groups is 1. The predicted molar refractivity (Wildman–Crippen MR) is 84.3 cm³/mol. The number of nitrogens with zero attached hydrogens (tertiary/aromatic N) is 2. The van der Waals surface area contributed by atoms with E-state index in [1.165, 1.54) is 26.6 Å². The van der Waals surface area contributed by atoms with E-state index in [9.17, 15) is 9.59 Å². The van der Waals surface area contributed by atoms with E-state index in [4.69, 9.17) is 16.3 Å². The largest absolute Gasteiger partial charge is 0.468 e. The summed E-state index contributed by atoms with van der Waals surface area (Å²) in [4.78, 5) is 27.7. The Bertz CT molecular complexity index is 742. The van der Waals surface area contributed by atoms with Crippen LogP contribution in [0.1, 0.15) is 21.8 Å². The first-order chi connectivity index (χ1) is 11.1. The summed E-state index contributed by atoms with van der Waals surface area (Å²) in [6, 6.07) is 6.86. The molecular formula is C15H14ClN3O4. The van der Waals surface area contributed by atoms with E-state index in [-0.39, 0.29) is 11.4 Å². The van der Waals surface area contributed by atoms with Gasteiger partial charge >= 0.3 is 11.9 Å². The Labute approximate surface area is 137 Å². The Balaban J connectivity index is 2.36. The van der Waals surface area contributed by atoms with Gasteiger partial charge in [-0.15, -0.1) is 0 Å². The number of hydrogen-bond donors (Lipinski definition) is 1. The number of carbonyl (C=O) groups is 2. The first kappa shape index (κ1) is 16.7. The minimum Gasteiger partial charge on any atom is -0.468 e. The normalized spacial score (nSPS) is 12.1. The van der Waals surface area contributed by atoms with E-state index in [0.717, 1.165) is 0 Å². The van der Waals surface area contributed by atoms with Gasteiger partial charge in [0.15, 0.2) is 5.82 Å². The van der Waals surface area contributed by atoms with Crippen LogP contribution in [0, 0.1) is 0 Å². The van der Waals surface area contributed by atoms with Crippen LogP contribution in [0.15, 0.2) is 35.5 Å². The number of rotatable bonds is 5. The number of nitrogens with one attached hydrogen (secondary N) is 1. The van der Waals surface area contributed by atoms with Gasteiger partial charge in [-0.25, -0.2) is 9.79 Å². The van der Waals surface area contributed by atoms with Crippen LogP contribution < -0.4 is 0 Å².